The molecule has 3 rings (SSSR count). The Hall–Kier alpha value is -3.12. The van der Waals surface area contributed by atoms with Crippen LogP contribution in [-0.2, 0) is 14.6 Å². The van der Waals surface area contributed by atoms with Gasteiger partial charge in [-0.3, -0.25) is 4.79 Å². The molecule has 5 nitrogen and oxygen atoms in total. The predicted molar refractivity (Wildman–Crippen MR) is 111 cm³/mol. The van der Waals surface area contributed by atoms with E-state index in [-0.39, 0.29) is 4.90 Å². The van der Waals surface area contributed by atoms with Crippen LogP contribution in [0, 0.1) is 6.92 Å². The summed E-state index contributed by atoms with van der Waals surface area (Å²) in [6.45, 7) is 2.07. The summed E-state index contributed by atoms with van der Waals surface area (Å²) in [6.07, 6.45) is 0. The molecule has 0 unspecified atom stereocenters. The van der Waals surface area contributed by atoms with E-state index in [1.165, 1.54) is 17.7 Å². The molecule has 0 aromatic heterocycles. The van der Waals surface area contributed by atoms with E-state index in [2.05, 4.69) is 31.2 Å². The minimum Gasteiger partial charge on any atom is -0.480 e. The Balaban J connectivity index is 1.89. The molecule has 28 heavy (non-hydrogen) atoms. The molecule has 0 saturated heterocycles. The highest BCUT2D eigenvalue weighted by atomic mass is 32.2. The first-order valence-corrected chi connectivity index (χ1v) is 10.4. The van der Waals surface area contributed by atoms with Crippen LogP contribution < -0.4 is 4.90 Å². The zero-order valence-electron chi connectivity index (χ0n) is 15.7. The number of hydrogen-bond donors (Lipinski definition) is 1. The predicted octanol–water partition coefficient (Wildman–Crippen LogP) is 4.29. The second-order valence-corrected chi connectivity index (χ2v) is 8.56. The molecule has 0 saturated carbocycles. The SMILES string of the molecule is Cc1ccccc1-c1cccc(N(C)c2ccc(S(=O)(=O)CC(=O)O)cc2)c1. The van der Waals surface area contributed by atoms with E-state index in [9.17, 15) is 13.2 Å². The van der Waals surface area contributed by atoms with E-state index in [1.54, 1.807) is 12.1 Å². The Morgan fingerprint density at radius 2 is 1.61 bits per heavy atom. The molecule has 0 spiro atoms. The Kier molecular flexibility index (Phi) is 5.51. The lowest BCUT2D eigenvalue weighted by Gasteiger charge is -2.21. The normalized spacial score (nSPS) is 11.2. The maximum absolute atomic E-state index is 12.0. The van der Waals surface area contributed by atoms with Gasteiger partial charge in [-0.1, -0.05) is 36.4 Å². The second-order valence-electron chi connectivity index (χ2n) is 6.57. The second kappa shape index (κ2) is 7.86. The van der Waals surface area contributed by atoms with Crippen LogP contribution in [0.3, 0.4) is 0 Å². The van der Waals surface area contributed by atoms with Gasteiger partial charge in [-0.05, 0) is 60.0 Å². The lowest BCUT2D eigenvalue weighted by atomic mass is 10.00. The van der Waals surface area contributed by atoms with Crippen molar-refractivity contribution in [1.82, 2.24) is 0 Å². The van der Waals surface area contributed by atoms with Gasteiger partial charge in [-0.25, -0.2) is 8.42 Å². The van der Waals surface area contributed by atoms with E-state index in [4.69, 9.17) is 5.11 Å². The summed E-state index contributed by atoms with van der Waals surface area (Å²) in [6, 6.07) is 22.5. The lowest BCUT2D eigenvalue weighted by Crippen LogP contribution is -2.15. The first kappa shape index (κ1) is 19.6. The summed E-state index contributed by atoms with van der Waals surface area (Å²) in [5.41, 5.74) is 5.21. The number of benzene rings is 3. The molecular formula is C22H21NO4S. The van der Waals surface area contributed by atoms with Crippen molar-refractivity contribution in [2.24, 2.45) is 0 Å². The Bertz CT molecular complexity index is 1110. The van der Waals surface area contributed by atoms with Crippen molar-refractivity contribution >= 4 is 27.2 Å². The van der Waals surface area contributed by atoms with Gasteiger partial charge in [0, 0.05) is 18.4 Å². The maximum atomic E-state index is 12.0. The van der Waals surface area contributed by atoms with E-state index < -0.39 is 21.6 Å². The van der Waals surface area contributed by atoms with Crippen molar-refractivity contribution < 1.29 is 18.3 Å². The molecule has 1 N–H and O–H groups in total. The highest BCUT2D eigenvalue weighted by molar-refractivity contribution is 7.92. The van der Waals surface area contributed by atoms with Gasteiger partial charge in [0.05, 0.1) is 4.90 Å². The van der Waals surface area contributed by atoms with Gasteiger partial charge in [-0.15, -0.1) is 0 Å². The van der Waals surface area contributed by atoms with Crippen LogP contribution in [0.4, 0.5) is 11.4 Å². The topological polar surface area (TPSA) is 74.7 Å². The number of aryl methyl sites for hydroxylation is 1. The third kappa shape index (κ3) is 4.23. The van der Waals surface area contributed by atoms with Crippen molar-refractivity contribution in [3.63, 3.8) is 0 Å². The highest BCUT2D eigenvalue weighted by Gasteiger charge is 2.19. The number of carboxylic acid groups (broad SMARTS) is 1. The summed E-state index contributed by atoms with van der Waals surface area (Å²) in [7, 11) is -1.93. The number of rotatable bonds is 6. The van der Waals surface area contributed by atoms with Crippen LogP contribution >= 0.6 is 0 Å². The van der Waals surface area contributed by atoms with Gasteiger partial charge < -0.3 is 10.0 Å². The molecule has 0 radical (unpaired) electrons. The van der Waals surface area contributed by atoms with Crippen molar-refractivity contribution in [1.29, 1.82) is 0 Å². The zero-order chi connectivity index (χ0) is 20.3. The molecule has 0 aliphatic carbocycles. The van der Waals surface area contributed by atoms with Gasteiger partial charge in [0.15, 0.2) is 15.6 Å². The van der Waals surface area contributed by atoms with Gasteiger partial charge in [0.2, 0.25) is 0 Å². The zero-order valence-corrected chi connectivity index (χ0v) is 16.5. The molecule has 144 valence electrons. The summed E-state index contributed by atoms with van der Waals surface area (Å²) < 4.78 is 24.1. The number of anilines is 2. The standard InChI is InChI=1S/C22H21NO4S/c1-16-6-3-4-9-21(16)17-7-5-8-19(14-17)23(2)18-10-12-20(13-11-18)28(26,27)15-22(24)25/h3-14H,15H2,1-2H3,(H,24,25). The fraction of sp³-hybridized carbons (Fsp3) is 0.136. The molecule has 0 aliphatic rings. The van der Waals surface area contributed by atoms with Crippen LogP contribution in [0.2, 0.25) is 0 Å². The summed E-state index contributed by atoms with van der Waals surface area (Å²) >= 11 is 0. The first-order chi connectivity index (χ1) is 13.3. The monoisotopic (exact) mass is 395 g/mol. The minimum absolute atomic E-state index is 0.000658. The summed E-state index contributed by atoms with van der Waals surface area (Å²) in [5, 5.41) is 8.75. The molecule has 0 atom stereocenters. The molecule has 0 heterocycles. The van der Waals surface area contributed by atoms with Crippen molar-refractivity contribution in [2.75, 3.05) is 17.7 Å². The molecule has 6 heteroatoms. The van der Waals surface area contributed by atoms with Gasteiger partial charge in [0.25, 0.3) is 0 Å². The number of aliphatic carboxylic acids is 1. The largest absolute Gasteiger partial charge is 0.480 e. The van der Waals surface area contributed by atoms with E-state index >= 15 is 0 Å². The molecular weight excluding hydrogens is 374 g/mol. The summed E-state index contributed by atoms with van der Waals surface area (Å²) in [4.78, 5) is 12.7. The minimum atomic E-state index is -3.83. The first-order valence-electron chi connectivity index (χ1n) is 8.72. The smallest absolute Gasteiger partial charge is 0.319 e. The van der Waals surface area contributed by atoms with E-state index in [1.807, 2.05) is 36.2 Å². The molecule has 0 bridgehead atoms. The Morgan fingerprint density at radius 1 is 0.929 bits per heavy atom. The fourth-order valence-corrected chi connectivity index (χ4v) is 4.09. The highest BCUT2D eigenvalue weighted by Crippen LogP contribution is 2.30. The number of hydrogen-bond acceptors (Lipinski definition) is 4. The van der Waals surface area contributed by atoms with Crippen molar-refractivity contribution in [3.8, 4) is 11.1 Å². The molecule has 3 aromatic rings. The van der Waals surface area contributed by atoms with Crippen LogP contribution in [0.25, 0.3) is 11.1 Å². The van der Waals surface area contributed by atoms with Crippen LogP contribution in [-0.4, -0.2) is 32.3 Å². The van der Waals surface area contributed by atoms with Crippen LogP contribution in [0.1, 0.15) is 5.56 Å². The molecule has 0 aliphatic heterocycles. The average Bonchev–Trinajstić information content (AvgIpc) is 2.67. The number of carboxylic acids is 1. The Labute approximate surface area is 164 Å². The fourth-order valence-electron chi connectivity index (χ4n) is 3.05. The third-order valence-corrected chi connectivity index (χ3v) is 6.20. The average molecular weight is 395 g/mol. The van der Waals surface area contributed by atoms with Crippen LogP contribution in [0.5, 0.6) is 0 Å². The lowest BCUT2D eigenvalue weighted by molar-refractivity contribution is -0.134. The van der Waals surface area contributed by atoms with Crippen molar-refractivity contribution in [3.05, 3.63) is 78.4 Å². The Morgan fingerprint density at radius 3 is 2.25 bits per heavy atom. The van der Waals surface area contributed by atoms with Gasteiger partial charge in [-0.2, -0.15) is 0 Å². The summed E-state index contributed by atoms with van der Waals surface area (Å²) in [5.74, 6) is -2.28. The maximum Gasteiger partial charge on any atom is 0.319 e. The number of sulfone groups is 1. The van der Waals surface area contributed by atoms with Gasteiger partial charge in [0.1, 0.15) is 0 Å². The third-order valence-electron chi connectivity index (χ3n) is 4.59. The molecule has 0 fully saturated rings. The van der Waals surface area contributed by atoms with Gasteiger partial charge >= 0.3 is 5.97 Å². The quantitative estimate of drug-likeness (QED) is 0.674. The number of nitrogens with zero attached hydrogens (tertiary/aromatic N) is 1. The van der Waals surface area contributed by atoms with Crippen molar-refractivity contribution in [2.45, 2.75) is 11.8 Å². The van der Waals surface area contributed by atoms with E-state index in [0.717, 1.165) is 22.5 Å². The number of carbonyl (C=O) groups is 1. The molecule has 0 amide bonds. The van der Waals surface area contributed by atoms with E-state index in [0.29, 0.717) is 0 Å². The van der Waals surface area contributed by atoms with Crippen LogP contribution in [0.15, 0.2) is 77.7 Å². The molecule has 3 aromatic carbocycles.